The van der Waals surface area contributed by atoms with Crippen LogP contribution >= 0.6 is 0 Å². The molecule has 2 atom stereocenters. The van der Waals surface area contributed by atoms with Crippen molar-refractivity contribution in [1.82, 2.24) is 10.2 Å². The Morgan fingerprint density at radius 2 is 1.94 bits per heavy atom. The zero-order chi connectivity index (χ0) is 12.3. The van der Waals surface area contributed by atoms with Crippen LogP contribution in [0, 0.1) is 0 Å². The van der Waals surface area contributed by atoms with Gasteiger partial charge in [0.05, 0.1) is 6.10 Å². The van der Waals surface area contributed by atoms with Gasteiger partial charge in [-0.1, -0.05) is 0 Å². The number of nitrogens with zero attached hydrogens (tertiary/aromatic N) is 1. The Kier molecular flexibility index (Phi) is 4.40. The molecule has 0 aromatic heterocycles. The predicted octanol–water partition coefficient (Wildman–Crippen LogP) is 1.15. The molecular weight excluding hydrogens is 216 g/mol. The summed E-state index contributed by atoms with van der Waals surface area (Å²) in [5, 5.41) is 3.60. The number of ether oxygens (including phenoxy) is 1. The molecule has 2 bridgehead atoms. The van der Waals surface area contributed by atoms with E-state index in [0.29, 0.717) is 24.6 Å². The van der Waals surface area contributed by atoms with Crippen molar-refractivity contribution in [2.24, 2.45) is 0 Å². The van der Waals surface area contributed by atoms with Crippen LogP contribution in [-0.4, -0.2) is 49.7 Å². The molecule has 4 heteroatoms. The molecule has 2 aliphatic rings. The van der Waals surface area contributed by atoms with Gasteiger partial charge in [0, 0.05) is 39.2 Å². The number of carbonyl (C=O) groups excluding carboxylic acids is 1. The lowest BCUT2D eigenvalue weighted by Crippen LogP contribution is -2.41. The Bertz CT molecular complexity index is 256. The SMILES string of the molecule is CN(C)C(=O)CCCOC1CC2CCC(C1)N2. The fourth-order valence-corrected chi connectivity index (χ4v) is 2.84. The van der Waals surface area contributed by atoms with Crippen molar-refractivity contribution < 1.29 is 9.53 Å². The molecule has 98 valence electrons. The molecule has 0 aromatic rings. The summed E-state index contributed by atoms with van der Waals surface area (Å²) >= 11 is 0. The van der Waals surface area contributed by atoms with Gasteiger partial charge in [0.15, 0.2) is 0 Å². The van der Waals surface area contributed by atoms with Gasteiger partial charge in [0.2, 0.25) is 5.91 Å². The van der Waals surface area contributed by atoms with Crippen LogP contribution in [0.5, 0.6) is 0 Å². The average molecular weight is 240 g/mol. The highest BCUT2D eigenvalue weighted by Gasteiger charge is 2.33. The molecule has 0 saturated carbocycles. The number of hydrogen-bond donors (Lipinski definition) is 1. The molecule has 1 N–H and O–H groups in total. The van der Waals surface area contributed by atoms with Gasteiger partial charge in [-0.25, -0.2) is 0 Å². The summed E-state index contributed by atoms with van der Waals surface area (Å²) in [6.45, 7) is 0.726. The fourth-order valence-electron chi connectivity index (χ4n) is 2.84. The number of fused-ring (bicyclic) bond motifs is 2. The molecule has 0 aliphatic carbocycles. The van der Waals surface area contributed by atoms with Gasteiger partial charge in [-0.15, -0.1) is 0 Å². The zero-order valence-electron chi connectivity index (χ0n) is 10.9. The summed E-state index contributed by atoms with van der Waals surface area (Å²) in [7, 11) is 3.60. The third-order valence-corrected chi connectivity index (χ3v) is 3.82. The third kappa shape index (κ3) is 3.68. The molecule has 2 unspecified atom stereocenters. The number of hydrogen-bond acceptors (Lipinski definition) is 3. The van der Waals surface area contributed by atoms with E-state index in [-0.39, 0.29) is 5.91 Å². The van der Waals surface area contributed by atoms with Crippen molar-refractivity contribution in [2.45, 2.75) is 56.7 Å². The van der Waals surface area contributed by atoms with Gasteiger partial charge >= 0.3 is 0 Å². The predicted molar refractivity (Wildman–Crippen MR) is 66.8 cm³/mol. The van der Waals surface area contributed by atoms with Crippen molar-refractivity contribution in [3.05, 3.63) is 0 Å². The van der Waals surface area contributed by atoms with E-state index in [1.54, 1.807) is 19.0 Å². The third-order valence-electron chi connectivity index (χ3n) is 3.82. The van der Waals surface area contributed by atoms with Gasteiger partial charge in [0.1, 0.15) is 0 Å². The fraction of sp³-hybridized carbons (Fsp3) is 0.923. The Balaban J connectivity index is 1.58. The highest BCUT2D eigenvalue weighted by molar-refractivity contribution is 5.75. The van der Waals surface area contributed by atoms with Crippen LogP contribution in [0.3, 0.4) is 0 Å². The van der Waals surface area contributed by atoms with E-state index < -0.39 is 0 Å². The van der Waals surface area contributed by atoms with E-state index in [1.165, 1.54) is 12.8 Å². The highest BCUT2D eigenvalue weighted by Crippen LogP contribution is 2.28. The van der Waals surface area contributed by atoms with Crippen LogP contribution < -0.4 is 5.32 Å². The lowest BCUT2D eigenvalue weighted by atomic mass is 10.0. The standard InChI is InChI=1S/C13H24N2O2/c1-15(2)13(16)4-3-7-17-12-8-10-5-6-11(9-12)14-10/h10-12,14H,3-9H2,1-2H3. The molecule has 0 radical (unpaired) electrons. The number of nitrogens with one attached hydrogen (secondary N) is 1. The normalized spacial score (nSPS) is 31.5. The molecule has 2 saturated heterocycles. The maximum absolute atomic E-state index is 11.4. The van der Waals surface area contributed by atoms with Crippen LogP contribution in [0.15, 0.2) is 0 Å². The van der Waals surface area contributed by atoms with Gasteiger partial charge in [-0.3, -0.25) is 4.79 Å². The minimum atomic E-state index is 0.194. The van der Waals surface area contributed by atoms with Crippen molar-refractivity contribution in [1.29, 1.82) is 0 Å². The van der Waals surface area contributed by atoms with E-state index in [0.717, 1.165) is 25.9 Å². The Hall–Kier alpha value is -0.610. The highest BCUT2D eigenvalue weighted by atomic mass is 16.5. The smallest absolute Gasteiger partial charge is 0.222 e. The Morgan fingerprint density at radius 1 is 1.29 bits per heavy atom. The van der Waals surface area contributed by atoms with Gasteiger partial charge in [-0.2, -0.15) is 0 Å². The summed E-state index contributed by atoms with van der Waals surface area (Å²) in [6.07, 6.45) is 6.79. The Labute approximate surface area is 104 Å². The van der Waals surface area contributed by atoms with E-state index in [2.05, 4.69) is 5.32 Å². The van der Waals surface area contributed by atoms with Crippen molar-refractivity contribution in [3.8, 4) is 0 Å². The monoisotopic (exact) mass is 240 g/mol. The van der Waals surface area contributed by atoms with Crippen LogP contribution in [0.2, 0.25) is 0 Å². The van der Waals surface area contributed by atoms with Crippen LogP contribution in [0.1, 0.15) is 38.5 Å². The largest absolute Gasteiger partial charge is 0.378 e. The maximum Gasteiger partial charge on any atom is 0.222 e. The first kappa shape index (κ1) is 12.8. The van der Waals surface area contributed by atoms with Gasteiger partial charge in [0.25, 0.3) is 0 Å². The first-order valence-corrected chi connectivity index (χ1v) is 6.73. The first-order chi connectivity index (χ1) is 8.15. The van der Waals surface area contributed by atoms with E-state index >= 15 is 0 Å². The summed E-state index contributed by atoms with van der Waals surface area (Å²) in [4.78, 5) is 13.0. The second-order valence-electron chi connectivity index (χ2n) is 5.49. The maximum atomic E-state index is 11.4. The number of carbonyl (C=O) groups is 1. The molecule has 2 aliphatic heterocycles. The molecule has 0 spiro atoms. The van der Waals surface area contributed by atoms with Crippen molar-refractivity contribution in [2.75, 3.05) is 20.7 Å². The topological polar surface area (TPSA) is 41.6 Å². The van der Waals surface area contributed by atoms with E-state index in [1.807, 2.05) is 0 Å². The lowest BCUT2D eigenvalue weighted by molar-refractivity contribution is -0.129. The van der Waals surface area contributed by atoms with Gasteiger partial charge < -0.3 is 15.0 Å². The molecule has 1 amide bonds. The molecule has 2 heterocycles. The van der Waals surface area contributed by atoms with Crippen LogP contribution in [0.25, 0.3) is 0 Å². The second-order valence-corrected chi connectivity index (χ2v) is 5.49. The van der Waals surface area contributed by atoms with Gasteiger partial charge in [-0.05, 0) is 32.1 Å². The van der Waals surface area contributed by atoms with Crippen LogP contribution in [-0.2, 0) is 9.53 Å². The molecular formula is C13H24N2O2. The summed E-state index contributed by atoms with van der Waals surface area (Å²) in [6, 6.07) is 1.37. The second kappa shape index (κ2) is 5.83. The molecule has 17 heavy (non-hydrogen) atoms. The quantitative estimate of drug-likeness (QED) is 0.733. The number of rotatable bonds is 5. The lowest BCUT2D eigenvalue weighted by Gasteiger charge is -2.29. The summed E-state index contributed by atoms with van der Waals surface area (Å²) in [5.41, 5.74) is 0. The van der Waals surface area contributed by atoms with E-state index in [4.69, 9.17) is 4.74 Å². The molecule has 2 rings (SSSR count). The first-order valence-electron chi connectivity index (χ1n) is 6.73. The van der Waals surface area contributed by atoms with E-state index in [9.17, 15) is 4.79 Å². The minimum absolute atomic E-state index is 0.194. The summed E-state index contributed by atoms with van der Waals surface area (Å²) < 4.78 is 5.88. The molecule has 0 aromatic carbocycles. The number of amides is 1. The van der Waals surface area contributed by atoms with Crippen molar-refractivity contribution in [3.63, 3.8) is 0 Å². The zero-order valence-corrected chi connectivity index (χ0v) is 10.9. The molecule has 2 fully saturated rings. The minimum Gasteiger partial charge on any atom is -0.378 e. The van der Waals surface area contributed by atoms with Crippen molar-refractivity contribution >= 4 is 5.91 Å². The van der Waals surface area contributed by atoms with Crippen LogP contribution in [0.4, 0.5) is 0 Å². The Morgan fingerprint density at radius 3 is 2.53 bits per heavy atom. The number of piperidine rings is 1. The average Bonchev–Trinajstić information content (AvgIpc) is 2.63. The summed E-state index contributed by atoms with van der Waals surface area (Å²) in [5.74, 6) is 0.194. The molecule has 4 nitrogen and oxygen atoms in total.